The van der Waals surface area contributed by atoms with Gasteiger partial charge in [-0.3, -0.25) is 0 Å². The summed E-state index contributed by atoms with van der Waals surface area (Å²) in [6.07, 6.45) is 0.182. The Morgan fingerprint density at radius 3 is 2.21 bits per heavy atom. The second-order valence-electron chi connectivity index (χ2n) is 3.87. The van der Waals surface area contributed by atoms with Crippen LogP contribution in [0, 0.1) is 11.8 Å². The number of halogens is 4. The average Bonchev–Trinajstić information content (AvgIpc) is 2.11. The Morgan fingerprint density at radius 2 is 1.93 bits per heavy atom. The van der Waals surface area contributed by atoms with Gasteiger partial charge in [0.2, 0.25) is 0 Å². The summed E-state index contributed by atoms with van der Waals surface area (Å²) in [6, 6.07) is 0. The predicted octanol–water partition coefficient (Wildman–Crippen LogP) is 2.69. The first kappa shape index (κ1) is 11.8. The van der Waals surface area contributed by atoms with Crippen LogP contribution in [-0.2, 0) is 0 Å². The van der Waals surface area contributed by atoms with E-state index in [1.165, 1.54) is 0 Å². The fourth-order valence-corrected chi connectivity index (χ4v) is 1.93. The van der Waals surface area contributed by atoms with Gasteiger partial charge in [-0.05, 0) is 12.3 Å². The molecule has 1 rings (SSSR count). The van der Waals surface area contributed by atoms with Crippen LogP contribution < -0.4 is 0 Å². The number of aliphatic hydroxyl groups excluding tert-OH is 1. The minimum absolute atomic E-state index is 0.368. The van der Waals surface area contributed by atoms with E-state index in [1.807, 2.05) is 0 Å². The van der Waals surface area contributed by atoms with Crippen LogP contribution in [-0.4, -0.2) is 23.6 Å². The van der Waals surface area contributed by atoms with Gasteiger partial charge in [0, 0.05) is 18.9 Å². The highest BCUT2D eigenvalue weighted by Gasteiger charge is 2.72. The molecule has 0 spiro atoms. The lowest BCUT2D eigenvalue weighted by molar-refractivity contribution is -0.326. The third-order valence-corrected chi connectivity index (χ3v) is 2.89. The van der Waals surface area contributed by atoms with E-state index < -0.39 is 36.7 Å². The minimum Gasteiger partial charge on any atom is -0.396 e. The smallest absolute Gasteiger partial charge is 0.313 e. The van der Waals surface area contributed by atoms with Crippen molar-refractivity contribution in [3.05, 3.63) is 0 Å². The molecule has 0 saturated heterocycles. The Bertz CT molecular complexity index is 205. The Balaban J connectivity index is 2.64. The van der Waals surface area contributed by atoms with Crippen molar-refractivity contribution in [1.82, 2.24) is 0 Å². The van der Waals surface area contributed by atoms with Crippen molar-refractivity contribution in [3.63, 3.8) is 0 Å². The molecule has 1 nitrogen and oxygen atoms in total. The van der Waals surface area contributed by atoms with E-state index in [4.69, 9.17) is 5.11 Å². The summed E-state index contributed by atoms with van der Waals surface area (Å²) in [7, 11) is 0. The molecule has 1 aliphatic carbocycles. The molecule has 5 heteroatoms. The van der Waals surface area contributed by atoms with Gasteiger partial charge >= 0.3 is 11.8 Å². The van der Waals surface area contributed by atoms with Crippen molar-refractivity contribution in [3.8, 4) is 0 Å². The highest BCUT2D eigenvalue weighted by atomic mass is 19.3. The molecule has 0 aliphatic heterocycles. The number of aliphatic hydroxyl groups is 1. The van der Waals surface area contributed by atoms with Gasteiger partial charge < -0.3 is 5.11 Å². The molecule has 1 fully saturated rings. The van der Waals surface area contributed by atoms with Crippen molar-refractivity contribution in [1.29, 1.82) is 0 Å². The van der Waals surface area contributed by atoms with Crippen molar-refractivity contribution in [2.45, 2.75) is 38.0 Å². The molecule has 1 N–H and O–H groups in total. The van der Waals surface area contributed by atoms with Gasteiger partial charge in [-0.1, -0.05) is 13.3 Å². The van der Waals surface area contributed by atoms with Crippen LogP contribution in [0.2, 0.25) is 0 Å². The van der Waals surface area contributed by atoms with E-state index >= 15 is 0 Å². The van der Waals surface area contributed by atoms with Gasteiger partial charge in [-0.15, -0.1) is 0 Å². The number of rotatable bonds is 4. The zero-order valence-electron chi connectivity index (χ0n) is 7.94. The first-order valence-corrected chi connectivity index (χ1v) is 4.73. The van der Waals surface area contributed by atoms with E-state index in [0.29, 0.717) is 12.8 Å². The highest BCUT2D eigenvalue weighted by molar-refractivity contribution is 5.05. The summed E-state index contributed by atoms with van der Waals surface area (Å²) in [5.74, 6) is -9.87. The van der Waals surface area contributed by atoms with Crippen molar-refractivity contribution in [2.75, 3.05) is 6.61 Å². The molecule has 1 saturated carbocycles. The molecular weight excluding hydrogens is 200 g/mol. The van der Waals surface area contributed by atoms with Gasteiger partial charge in [0.1, 0.15) is 0 Å². The van der Waals surface area contributed by atoms with Gasteiger partial charge in [0.05, 0.1) is 0 Å². The Labute approximate surface area is 80.1 Å². The van der Waals surface area contributed by atoms with Crippen molar-refractivity contribution in [2.24, 2.45) is 11.8 Å². The van der Waals surface area contributed by atoms with Crippen LogP contribution in [0.15, 0.2) is 0 Å². The lowest BCUT2D eigenvalue weighted by atomic mass is 9.68. The number of hydrogen-bond donors (Lipinski definition) is 1. The quantitative estimate of drug-likeness (QED) is 0.713. The van der Waals surface area contributed by atoms with Crippen LogP contribution >= 0.6 is 0 Å². The van der Waals surface area contributed by atoms with Gasteiger partial charge in [0.15, 0.2) is 0 Å². The Morgan fingerprint density at radius 1 is 1.36 bits per heavy atom. The summed E-state index contributed by atoms with van der Waals surface area (Å²) in [4.78, 5) is 0. The minimum atomic E-state index is -3.93. The zero-order valence-corrected chi connectivity index (χ0v) is 7.94. The summed E-state index contributed by atoms with van der Waals surface area (Å²) in [5, 5.41) is 8.82. The van der Waals surface area contributed by atoms with E-state index in [0.717, 1.165) is 0 Å². The van der Waals surface area contributed by atoms with Gasteiger partial charge in [-0.2, -0.15) is 17.6 Å². The molecule has 0 amide bonds. The third-order valence-electron chi connectivity index (χ3n) is 2.89. The molecular formula is C9H14F4O. The second kappa shape index (κ2) is 3.68. The van der Waals surface area contributed by atoms with E-state index in [2.05, 4.69) is 0 Å². The van der Waals surface area contributed by atoms with Crippen LogP contribution in [0.5, 0.6) is 0 Å². The topological polar surface area (TPSA) is 20.2 Å². The first-order valence-electron chi connectivity index (χ1n) is 4.73. The lowest BCUT2D eigenvalue weighted by Gasteiger charge is -2.47. The molecule has 0 bridgehead atoms. The maximum atomic E-state index is 12.9. The molecule has 0 aromatic carbocycles. The van der Waals surface area contributed by atoms with Gasteiger partial charge in [0.25, 0.3) is 0 Å². The summed E-state index contributed by atoms with van der Waals surface area (Å²) in [6.45, 7) is 1.34. The summed E-state index contributed by atoms with van der Waals surface area (Å²) >= 11 is 0. The zero-order chi connectivity index (χ0) is 11.0. The summed E-state index contributed by atoms with van der Waals surface area (Å²) < 4.78 is 50.7. The fourth-order valence-electron chi connectivity index (χ4n) is 1.93. The van der Waals surface area contributed by atoms with E-state index in [9.17, 15) is 17.6 Å². The summed E-state index contributed by atoms with van der Waals surface area (Å²) in [5.41, 5.74) is 0. The normalized spacial score (nSPS) is 30.9. The fraction of sp³-hybridized carbons (Fsp3) is 1.00. The molecule has 2 atom stereocenters. The third kappa shape index (κ3) is 1.62. The number of alkyl halides is 4. The average molecular weight is 214 g/mol. The SMILES string of the molecule is CCCC(CO)C1CC(F)(F)C1(F)F. The van der Waals surface area contributed by atoms with Crippen LogP contribution in [0.25, 0.3) is 0 Å². The van der Waals surface area contributed by atoms with Crippen molar-refractivity contribution < 1.29 is 22.7 Å². The van der Waals surface area contributed by atoms with Crippen LogP contribution in [0.1, 0.15) is 26.2 Å². The largest absolute Gasteiger partial charge is 0.396 e. The molecule has 1 aliphatic rings. The first-order chi connectivity index (χ1) is 6.36. The molecule has 0 radical (unpaired) electrons. The lowest BCUT2D eigenvalue weighted by Crippen LogP contribution is -2.61. The molecule has 84 valence electrons. The molecule has 2 unspecified atom stereocenters. The highest BCUT2D eigenvalue weighted by Crippen LogP contribution is 2.58. The predicted molar refractivity (Wildman–Crippen MR) is 43.5 cm³/mol. The van der Waals surface area contributed by atoms with Crippen LogP contribution in [0.3, 0.4) is 0 Å². The van der Waals surface area contributed by atoms with Crippen molar-refractivity contribution >= 4 is 0 Å². The molecule has 0 aromatic rings. The monoisotopic (exact) mass is 214 g/mol. The molecule has 14 heavy (non-hydrogen) atoms. The maximum Gasteiger partial charge on any atom is 0.313 e. The maximum absolute atomic E-state index is 12.9. The van der Waals surface area contributed by atoms with Gasteiger partial charge in [-0.25, -0.2) is 0 Å². The Hall–Kier alpha value is -0.320. The number of hydrogen-bond acceptors (Lipinski definition) is 1. The van der Waals surface area contributed by atoms with E-state index in [1.54, 1.807) is 6.92 Å². The second-order valence-corrected chi connectivity index (χ2v) is 3.87. The molecule has 0 aromatic heterocycles. The molecule has 0 heterocycles. The standard InChI is InChI=1S/C9H14F4O/c1-2-3-6(5-14)7-4-8(10,11)9(7,12)13/h6-7,14H,2-5H2,1H3. The van der Waals surface area contributed by atoms with E-state index in [-0.39, 0.29) is 0 Å². The Kier molecular flexibility index (Phi) is 3.09. The van der Waals surface area contributed by atoms with Crippen LogP contribution in [0.4, 0.5) is 17.6 Å².